The molecule has 3 saturated heterocycles. The van der Waals surface area contributed by atoms with E-state index in [0.717, 1.165) is 0 Å². The highest BCUT2D eigenvalue weighted by Crippen LogP contribution is 2.37. The number of ether oxygens (including phenoxy) is 5. The molecule has 0 bridgehead atoms. The predicted octanol–water partition coefficient (Wildman–Crippen LogP) is -7.57. The number of aliphatic hydroxyl groups excluding tert-OH is 11. The molecule has 200 valence electrons. The van der Waals surface area contributed by atoms with E-state index < -0.39 is 112 Å². The number of hydrogen-bond donors (Lipinski definition) is 11. The number of hydrogen-bond acceptors (Lipinski definition) is 16. The van der Waals surface area contributed by atoms with Gasteiger partial charge in [0.05, 0.1) is 19.8 Å². The molecule has 0 aromatic carbocycles. The Hall–Kier alpha value is -0.640. The topological polar surface area (TPSA) is 269 Å². The molecule has 16 nitrogen and oxygen atoms in total. The van der Waals surface area contributed by atoms with Gasteiger partial charge in [-0.3, -0.25) is 0 Å². The van der Waals surface area contributed by atoms with Gasteiger partial charge >= 0.3 is 0 Å². The SMILES string of the molecule is OC[C@H]1O[C@H](O[C@]2(CO)O[C@H](CO)[C@H](O)[C@@H]2O)[C@H](O[C@H]2O[C@H](CO)[C@@H](O)[C@H](O)[C@H]2O)[C@@H](O)[C@H]1O. The van der Waals surface area contributed by atoms with Crippen molar-refractivity contribution in [3.8, 4) is 0 Å². The Morgan fingerprint density at radius 2 is 1.12 bits per heavy atom. The first-order chi connectivity index (χ1) is 16.0. The minimum atomic E-state index is -2.41. The zero-order valence-corrected chi connectivity index (χ0v) is 17.8. The van der Waals surface area contributed by atoms with E-state index in [1.54, 1.807) is 0 Å². The molecule has 0 aromatic rings. The van der Waals surface area contributed by atoms with Crippen LogP contribution in [0.25, 0.3) is 0 Å². The average molecular weight is 504 g/mol. The Kier molecular flexibility index (Phi) is 9.18. The second-order valence-corrected chi connectivity index (χ2v) is 8.37. The van der Waals surface area contributed by atoms with E-state index in [-0.39, 0.29) is 0 Å². The predicted molar refractivity (Wildman–Crippen MR) is 101 cm³/mol. The van der Waals surface area contributed by atoms with Crippen LogP contribution >= 0.6 is 0 Å². The molecule has 34 heavy (non-hydrogen) atoms. The van der Waals surface area contributed by atoms with Crippen molar-refractivity contribution in [2.24, 2.45) is 0 Å². The van der Waals surface area contributed by atoms with E-state index >= 15 is 0 Å². The largest absolute Gasteiger partial charge is 0.394 e. The molecule has 0 unspecified atom stereocenters. The molecule has 3 rings (SSSR count). The van der Waals surface area contributed by atoms with E-state index in [9.17, 15) is 56.2 Å². The molecule has 0 aromatic heterocycles. The Morgan fingerprint density at radius 1 is 0.588 bits per heavy atom. The molecular formula is C18H32O16. The van der Waals surface area contributed by atoms with Gasteiger partial charge in [0.15, 0.2) is 12.6 Å². The standard InChI is InChI=1S/C18H32O16/c19-1-5-8(23)11(26)13(28)16(30-5)32-14-12(27)9(24)6(2-20)31-17(14)34-18(4-22)15(29)10(25)7(3-21)33-18/h5-17,19-29H,1-4H2/t5-,6-,7-,8-,9+,10+,11+,12+,13-,14-,15+,16-,17-,18+/m1/s1. The second kappa shape index (κ2) is 11.2. The monoisotopic (exact) mass is 504 g/mol. The normalized spacial score (nSPS) is 52.1. The molecule has 0 radical (unpaired) electrons. The fourth-order valence-corrected chi connectivity index (χ4v) is 4.10. The zero-order valence-electron chi connectivity index (χ0n) is 17.8. The van der Waals surface area contributed by atoms with Gasteiger partial charge < -0.3 is 79.9 Å². The lowest BCUT2D eigenvalue weighted by molar-refractivity contribution is -0.408. The van der Waals surface area contributed by atoms with Crippen LogP contribution in [0, 0.1) is 0 Å². The molecule has 16 heteroatoms. The molecule has 3 heterocycles. The first kappa shape index (κ1) is 27.9. The molecule has 14 atom stereocenters. The maximum absolute atomic E-state index is 10.6. The Balaban J connectivity index is 1.87. The van der Waals surface area contributed by atoms with Gasteiger partial charge in [0, 0.05) is 0 Å². The molecule has 0 amide bonds. The van der Waals surface area contributed by atoms with Gasteiger partial charge in [0.1, 0.15) is 73.8 Å². The summed E-state index contributed by atoms with van der Waals surface area (Å²) in [6.45, 7) is -3.45. The summed E-state index contributed by atoms with van der Waals surface area (Å²) in [5, 5.41) is 109. The van der Waals surface area contributed by atoms with Crippen molar-refractivity contribution >= 4 is 0 Å². The fourth-order valence-electron chi connectivity index (χ4n) is 4.10. The van der Waals surface area contributed by atoms with Crippen molar-refractivity contribution in [3.05, 3.63) is 0 Å². The van der Waals surface area contributed by atoms with Crippen LogP contribution in [0.1, 0.15) is 0 Å². The molecule has 0 saturated carbocycles. The highest BCUT2D eigenvalue weighted by Gasteiger charge is 2.59. The summed E-state index contributed by atoms with van der Waals surface area (Å²) in [7, 11) is 0. The second-order valence-electron chi connectivity index (χ2n) is 8.37. The summed E-state index contributed by atoms with van der Waals surface area (Å²) in [6.07, 6.45) is -22.4. The van der Waals surface area contributed by atoms with E-state index in [1.807, 2.05) is 0 Å². The van der Waals surface area contributed by atoms with Crippen LogP contribution in [-0.4, -0.2) is 168 Å². The van der Waals surface area contributed by atoms with E-state index in [1.165, 1.54) is 0 Å². The van der Waals surface area contributed by atoms with Crippen LogP contribution in [0.15, 0.2) is 0 Å². The van der Waals surface area contributed by atoms with Crippen LogP contribution in [0.2, 0.25) is 0 Å². The summed E-state index contributed by atoms with van der Waals surface area (Å²) in [4.78, 5) is 0. The first-order valence-electron chi connectivity index (χ1n) is 10.6. The molecule has 11 N–H and O–H groups in total. The number of aliphatic hydroxyl groups is 11. The van der Waals surface area contributed by atoms with Crippen molar-refractivity contribution in [2.45, 2.75) is 85.5 Å². The molecule has 3 fully saturated rings. The van der Waals surface area contributed by atoms with E-state index in [0.29, 0.717) is 0 Å². The minimum Gasteiger partial charge on any atom is -0.394 e. The van der Waals surface area contributed by atoms with Crippen LogP contribution in [0.5, 0.6) is 0 Å². The molecule has 3 aliphatic heterocycles. The molecule has 3 aliphatic rings. The molecular weight excluding hydrogens is 472 g/mol. The maximum atomic E-state index is 10.6. The Morgan fingerprint density at radius 3 is 1.62 bits per heavy atom. The van der Waals surface area contributed by atoms with Gasteiger partial charge in [0.2, 0.25) is 5.79 Å². The Labute approximate surface area is 192 Å². The van der Waals surface area contributed by atoms with Gasteiger partial charge in [-0.2, -0.15) is 0 Å². The van der Waals surface area contributed by atoms with Crippen molar-refractivity contribution < 1.29 is 79.9 Å². The lowest BCUT2D eigenvalue weighted by Crippen LogP contribution is -2.66. The Bertz CT molecular complexity index is 653. The summed E-state index contributed by atoms with van der Waals surface area (Å²) in [6, 6.07) is 0. The number of rotatable bonds is 8. The summed E-state index contributed by atoms with van der Waals surface area (Å²) in [5.41, 5.74) is 0. The lowest BCUT2D eigenvalue weighted by Gasteiger charge is -2.47. The fraction of sp³-hybridized carbons (Fsp3) is 1.00. The van der Waals surface area contributed by atoms with Crippen LogP contribution in [0.3, 0.4) is 0 Å². The van der Waals surface area contributed by atoms with Crippen LogP contribution in [0.4, 0.5) is 0 Å². The van der Waals surface area contributed by atoms with Gasteiger partial charge in [-0.25, -0.2) is 0 Å². The van der Waals surface area contributed by atoms with E-state index in [2.05, 4.69) is 0 Å². The van der Waals surface area contributed by atoms with Gasteiger partial charge in [-0.1, -0.05) is 0 Å². The third kappa shape index (κ3) is 4.96. The van der Waals surface area contributed by atoms with Crippen LogP contribution < -0.4 is 0 Å². The van der Waals surface area contributed by atoms with Crippen molar-refractivity contribution in [2.75, 3.05) is 26.4 Å². The third-order valence-electron chi connectivity index (χ3n) is 6.19. The summed E-state index contributed by atoms with van der Waals surface area (Å²) >= 11 is 0. The highest BCUT2D eigenvalue weighted by molar-refractivity contribution is 4.99. The maximum Gasteiger partial charge on any atom is 0.224 e. The van der Waals surface area contributed by atoms with Crippen LogP contribution in [-0.2, 0) is 23.7 Å². The lowest BCUT2D eigenvalue weighted by atomic mass is 9.97. The van der Waals surface area contributed by atoms with Gasteiger partial charge in [-0.15, -0.1) is 0 Å². The van der Waals surface area contributed by atoms with Crippen molar-refractivity contribution in [3.63, 3.8) is 0 Å². The minimum absolute atomic E-state index is 0.764. The average Bonchev–Trinajstić information content (AvgIpc) is 3.08. The highest BCUT2D eigenvalue weighted by atomic mass is 16.8. The first-order valence-corrected chi connectivity index (χ1v) is 10.6. The zero-order chi connectivity index (χ0) is 25.4. The summed E-state index contributed by atoms with van der Waals surface area (Å²) < 4.78 is 26.9. The third-order valence-corrected chi connectivity index (χ3v) is 6.19. The van der Waals surface area contributed by atoms with Crippen molar-refractivity contribution in [1.82, 2.24) is 0 Å². The smallest absolute Gasteiger partial charge is 0.224 e. The van der Waals surface area contributed by atoms with Gasteiger partial charge in [-0.05, 0) is 0 Å². The summed E-state index contributed by atoms with van der Waals surface area (Å²) in [5.74, 6) is -2.41. The van der Waals surface area contributed by atoms with Gasteiger partial charge in [0.25, 0.3) is 0 Å². The molecule has 0 spiro atoms. The molecule has 0 aliphatic carbocycles. The van der Waals surface area contributed by atoms with E-state index in [4.69, 9.17) is 23.7 Å². The quantitative estimate of drug-likeness (QED) is 0.146. The van der Waals surface area contributed by atoms with Crippen molar-refractivity contribution in [1.29, 1.82) is 0 Å².